The average molecular weight is 242 g/mol. The summed E-state index contributed by atoms with van der Waals surface area (Å²) in [5.41, 5.74) is 9.03. The first-order valence-corrected chi connectivity index (χ1v) is 5.89. The molecule has 0 amide bonds. The van der Waals surface area contributed by atoms with Crippen molar-refractivity contribution in [3.8, 4) is 5.75 Å². The minimum atomic E-state index is 0.800. The smallest absolute Gasteiger partial charge is 0.118 e. The van der Waals surface area contributed by atoms with Gasteiger partial charge in [-0.1, -0.05) is 24.3 Å². The van der Waals surface area contributed by atoms with Crippen molar-refractivity contribution < 1.29 is 4.74 Å². The van der Waals surface area contributed by atoms with E-state index in [1.54, 1.807) is 7.11 Å². The van der Waals surface area contributed by atoms with E-state index in [9.17, 15) is 0 Å². The molecular formula is C15H18N2O. The number of nitrogen functional groups attached to an aromatic ring is 1. The molecule has 0 aliphatic heterocycles. The van der Waals surface area contributed by atoms with Gasteiger partial charge in [0.15, 0.2) is 0 Å². The zero-order valence-electron chi connectivity index (χ0n) is 10.8. The maximum Gasteiger partial charge on any atom is 0.118 e. The molecule has 0 bridgehead atoms. The zero-order valence-corrected chi connectivity index (χ0v) is 10.8. The first-order chi connectivity index (χ1) is 8.70. The molecule has 0 heterocycles. The number of hydrogen-bond donors (Lipinski definition) is 1. The van der Waals surface area contributed by atoms with Crippen LogP contribution in [0.15, 0.2) is 48.5 Å². The standard InChI is InChI=1S/C15H18N2O/c1-17(15-6-4-3-5-14(15)16)11-12-7-9-13(18-2)10-8-12/h3-10H,11,16H2,1-2H3. The predicted molar refractivity (Wildman–Crippen MR) is 76.0 cm³/mol. The molecule has 0 spiro atoms. The maximum atomic E-state index is 5.96. The van der Waals surface area contributed by atoms with Crippen LogP contribution in [0.1, 0.15) is 5.56 Å². The molecule has 2 aromatic rings. The van der Waals surface area contributed by atoms with E-state index in [0.29, 0.717) is 0 Å². The molecule has 0 radical (unpaired) electrons. The third kappa shape index (κ3) is 2.74. The second kappa shape index (κ2) is 5.45. The van der Waals surface area contributed by atoms with Crippen molar-refractivity contribution >= 4 is 11.4 Å². The van der Waals surface area contributed by atoms with Gasteiger partial charge in [-0.3, -0.25) is 0 Å². The number of ether oxygens (including phenoxy) is 1. The molecule has 0 saturated carbocycles. The molecule has 94 valence electrons. The summed E-state index contributed by atoms with van der Waals surface area (Å²) in [4.78, 5) is 2.14. The number of benzene rings is 2. The van der Waals surface area contributed by atoms with Crippen LogP contribution in [0.25, 0.3) is 0 Å². The van der Waals surface area contributed by atoms with Crippen LogP contribution in [-0.4, -0.2) is 14.2 Å². The van der Waals surface area contributed by atoms with E-state index in [2.05, 4.69) is 17.0 Å². The topological polar surface area (TPSA) is 38.5 Å². The highest BCUT2D eigenvalue weighted by Gasteiger charge is 2.05. The molecule has 0 aliphatic carbocycles. The van der Waals surface area contributed by atoms with E-state index in [-0.39, 0.29) is 0 Å². The molecule has 0 aliphatic rings. The molecule has 0 unspecified atom stereocenters. The van der Waals surface area contributed by atoms with Crippen molar-refractivity contribution in [2.45, 2.75) is 6.54 Å². The lowest BCUT2D eigenvalue weighted by Crippen LogP contribution is -2.17. The molecule has 2 N–H and O–H groups in total. The van der Waals surface area contributed by atoms with E-state index in [1.807, 2.05) is 43.4 Å². The van der Waals surface area contributed by atoms with E-state index in [1.165, 1.54) is 5.56 Å². The summed E-state index contributed by atoms with van der Waals surface area (Å²) in [5.74, 6) is 0.876. The Morgan fingerprint density at radius 2 is 1.72 bits per heavy atom. The average Bonchev–Trinajstić information content (AvgIpc) is 2.40. The number of nitrogens with two attached hydrogens (primary N) is 1. The largest absolute Gasteiger partial charge is 0.497 e. The van der Waals surface area contributed by atoms with E-state index < -0.39 is 0 Å². The quantitative estimate of drug-likeness (QED) is 0.838. The Morgan fingerprint density at radius 1 is 1.06 bits per heavy atom. The van der Waals surface area contributed by atoms with Gasteiger partial charge >= 0.3 is 0 Å². The van der Waals surface area contributed by atoms with Gasteiger partial charge in [0.05, 0.1) is 18.5 Å². The molecular weight excluding hydrogens is 224 g/mol. The Labute approximate surface area is 108 Å². The van der Waals surface area contributed by atoms with Crippen LogP contribution < -0.4 is 15.4 Å². The summed E-state index contributed by atoms with van der Waals surface area (Å²) in [5, 5.41) is 0. The lowest BCUT2D eigenvalue weighted by molar-refractivity contribution is 0.414. The normalized spacial score (nSPS) is 10.1. The third-order valence-corrected chi connectivity index (χ3v) is 2.93. The maximum absolute atomic E-state index is 5.96. The molecule has 3 nitrogen and oxygen atoms in total. The Hall–Kier alpha value is -2.16. The molecule has 0 fully saturated rings. The minimum Gasteiger partial charge on any atom is -0.497 e. The van der Waals surface area contributed by atoms with Gasteiger partial charge in [-0.25, -0.2) is 0 Å². The summed E-state index contributed by atoms with van der Waals surface area (Å²) in [6, 6.07) is 16.0. The van der Waals surface area contributed by atoms with Gasteiger partial charge < -0.3 is 15.4 Å². The van der Waals surface area contributed by atoms with Crippen molar-refractivity contribution in [2.24, 2.45) is 0 Å². The Kier molecular flexibility index (Phi) is 3.72. The fraction of sp³-hybridized carbons (Fsp3) is 0.200. The highest BCUT2D eigenvalue weighted by Crippen LogP contribution is 2.23. The second-order valence-corrected chi connectivity index (χ2v) is 4.26. The van der Waals surface area contributed by atoms with Crippen molar-refractivity contribution in [1.82, 2.24) is 0 Å². The highest BCUT2D eigenvalue weighted by molar-refractivity contribution is 5.66. The van der Waals surface area contributed by atoms with Gasteiger partial charge in [-0.15, -0.1) is 0 Å². The lowest BCUT2D eigenvalue weighted by Gasteiger charge is -2.21. The Balaban J connectivity index is 2.11. The summed E-state index contributed by atoms with van der Waals surface area (Å²) in [6.45, 7) is 0.818. The van der Waals surface area contributed by atoms with E-state index in [0.717, 1.165) is 23.7 Å². The number of hydrogen-bond acceptors (Lipinski definition) is 3. The fourth-order valence-corrected chi connectivity index (χ4v) is 1.93. The number of nitrogens with zero attached hydrogens (tertiary/aromatic N) is 1. The predicted octanol–water partition coefficient (Wildman–Crippen LogP) is 2.91. The first-order valence-electron chi connectivity index (χ1n) is 5.89. The summed E-state index contributed by atoms with van der Waals surface area (Å²) in [6.07, 6.45) is 0. The van der Waals surface area contributed by atoms with Crippen LogP contribution in [0.4, 0.5) is 11.4 Å². The number of methoxy groups -OCH3 is 1. The van der Waals surface area contributed by atoms with Gasteiger partial charge in [0.25, 0.3) is 0 Å². The van der Waals surface area contributed by atoms with Gasteiger partial charge in [-0.05, 0) is 29.8 Å². The molecule has 0 atom stereocenters. The van der Waals surface area contributed by atoms with Crippen molar-refractivity contribution in [1.29, 1.82) is 0 Å². The van der Waals surface area contributed by atoms with Crippen molar-refractivity contribution in [3.05, 3.63) is 54.1 Å². The molecule has 0 saturated heterocycles. The first kappa shape index (κ1) is 12.3. The zero-order chi connectivity index (χ0) is 13.0. The minimum absolute atomic E-state index is 0.800. The van der Waals surface area contributed by atoms with Gasteiger partial charge in [0.1, 0.15) is 5.75 Å². The molecule has 3 heteroatoms. The summed E-state index contributed by atoms with van der Waals surface area (Å²) >= 11 is 0. The SMILES string of the molecule is COc1ccc(CN(C)c2ccccc2N)cc1. The Bertz CT molecular complexity index is 508. The second-order valence-electron chi connectivity index (χ2n) is 4.26. The Morgan fingerprint density at radius 3 is 2.33 bits per heavy atom. The molecule has 2 aromatic carbocycles. The van der Waals surface area contributed by atoms with Crippen LogP contribution in [0.3, 0.4) is 0 Å². The van der Waals surface area contributed by atoms with Gasteiger partial charge in [0, 0.05) is 13.6 Å². The van der Waals surface area contributed by atoms with Crippen molar-refractivity contribution in [2.75, 3.05) is 24.8 Å². The van der Waals surface area contributed by atoms with E-state index >= 15 is 0 Å². The van der Waals surface area contributed by atoms with Crippen LogP contribution in [0.2, 0.25) is 0 Å². The van der Waals surface area contributed by atoms with E-state index in [4.69, 9.17) is 10.5 Å². The summed E-state index contributed by atoms with van der Waals surface area (Å²) in [7, 11) is 3.71. The lowest BCUT2D eigenvalue weighted by atomic mass is 10.2. The van der Waals surface area contributed by atoms with Crippen LogP contribution >= 0.6 is 0 Å². The fourth-order valence-electron chi connectivity index (χ4n) is 1.93. The van der Waals surface area contributed by atoms with Crippen molar-refractivity contribution in [3.63, 3.8) is 0 Å². The van der Waals surface area contributed by atoms with Crippen LogP contribution in [-0.2, 0) is 6.54 Å². The number of anilines is 2. The van der Waals surface area contributed by atoms with Gasteiger partial charge in [-0.2, -0.15) is 0 Å². The van der Waals surface area contributed by atoms with Gasteiger partial charge in [0.2, 0.25) is 0 Å². The van der Waals surface area contributed by atoms with Crippen LogP contribution in [0, 0.1) is 0 Å². The summed E-state index contributed by atoms with van der Waals surface area (Å²) < 4.78 is 5.14. The number of rotatable bonds is 4. The highest BCUT2D eigenvalue weighted by atomic mass is 16.5. The molecule has 2 rings (SSSR count). The molecule has 0 aromatic heterocycles. The third-order valence-electron chi connectivity index (χ3n) is 2.93. The molecule has 18 heavy (non-hydrogen) atoms. The monoisotopic (exact) mass is 242 g/mol. The van der Waals surface area contributed by atoms with Crippen LogP contribution in [0.5, 0.6) is 5.75 Å². The number of para-hydroxylation sites is 2.